The Morgan fingerprint density at radius 2 is 1.89 bits per heavy atom. The summed E-state index contributed by atoms with van der Waals surface area (Å²) in [6.07, 6.45) is 2.36. The van der Waals surface area contributed by atoms with E-state index in [1.165, 1.54) is 4.40 Å². The van der Waals surface area contributed by atoms with Gasteiger partial charge in [0, 0.05) is 38.8 Å². The first-order chi connectivity index (χ1) is 17.1. The molecule has 1 amide bonds. The summed E-state index contributed by atoms with van der Waals surface area (Å²) in [5, 5.41) is 3.32. The molecule has 0 bridgehead atoms. The summed E-state index contributed by atoms with van der Waals surface area (Å²) in [6.45, 7) is 4.80. The van der Waals surface area contributed by atoms with E-state index in [4.69, 9.17) is 15.5 Å². The maximum atomic E-state index is 13.3. The van der Waals surface area contributed by atoms with Gasteiger partial charge in [0.1, 0.15) is 10.9 Å². The first-order valence-electron chi connectivity index (χ1n) is 11.9. The third-order valence-electron chi connectivity index (χ3n) is 6.39. The summed E-state index contributed by atoms with van der Waals surface area (Å²) in [6, 6.07) is 17.0. The van der Waals surface area contributed by atoms with Crippen molar-refractivity contribution in [3.63, 3.8) is 0 Å². The summed E-state index contributed by atoms with van der Waals surface area (Å²) in [5.74, 6) is -0.00633. The van der Waals surface area contributed by atoms with E-state index in [1.54, 1.807) is 29.0 Å². The molecule has 0 aliphatic carbocycles. The zero-order valence-electron chi connectivity index (χ0n) is 19.5. The van der Waals surface area contributed by atoms with Crippen molar-refractivity contribution in [1.29, 1.82) is 0 Å². The number of amides is 1. The van der Waals surface area contributed by atoms with Crippen LogP contribution in [0.25, 0.3) is 16.7 Å². The first kappa shape index (κ1) is 22.9. The lowest BCUT2D eigenvalue weighted by Crippen LogP contribution is -2.44. The molecule has 0 atom stereocenters. The minimum Gasteiger partial charge on any atom is -0.379 e. The van der Waals surface area contributed by atoms with Crippen LogP contribution in [0.15, 0.2) is 65.6 Å². The van der Waals surface area contributed by atoms with Gasteiger partial charge in [-0.1, -0.05) is 41.4 Å². The lowest BCUT2D eigenvalue weighted by Gasteiger charge is -2.26. The Balaban J connectivity index is 1.51. The molecular formula is C26H29N6O3+. The largest absolute Gasteiger partial charge is 0.379 e. The van der Waals surface area contributed by atoms with Crippen LogP contribution in [-0.4, -0.2) is 59.6 Å². The van der Waals surface area contributed by atoms with Crippen LogP contribution >= 0.6 is 0 Å². The number of benzene rings is 1. The van der Waals surface area contributed by atoms with Crippen molar-refractivity contribution in [3.8, 4) is 0 Å². The Kier molecular flexibility index (Phi) is 6.69. The van der Waals surface area contributed by atoms with Crippen molar-refractivity contribution >= 4 is 28.4 Å². The van der Waals surface area contributed by atoms with Gasteiger partial charge in [0.25, 0.3) is 17.1 Å². The highest BCUT2D eigenvalue weighted by Crippen LogP contribution is 2.15. The van der Waals surface area contributed by atoms with Gasteiger partial charge in [0.15, 0.2) is 0 Å². The molecule has 1 aliphatic rings. The molecular weight excluding hydrogens is 444 g/mol. The number of hydrogen-bond donors (Lipinski definition) is 2. The Morgan fingerprint density at radius 1 is 1.11 bits per heavy atom. The van der Waals surface area contributed by atoms with Crippen molar-refractivity contribution < 1.29 is 14.1 Å². The second kappa shape index (κ2) is 10.2. The van der Waals surface area contributed by atoms with Gasteiger partial charge in [0.2, 0.25) is 11.5 Å². The van der Waals surface area contributed by atoms with Gasteiger partial charge < -0.3 is 15.8 Å². The summed E-state index contributed by atoms with van der Waals surface area (Å²) in [5.41, 5.74) is 8.72. The molecule has 9 nitrogen and oxygen atoms in total. The average molecular weight is 474 g/mol. The van der Waals surface area contributed by atoms with Crippen molar-refractivity contribution in [2.75, 3.05) is 45.1 Å². The van der Waals surface area contributed by atoms with Crippen LogP contribution in [0.4, 0.5) is 5.82 Å². The number of aryl methyl sites for hydroxylation is 2. The van der Waals surface area contributed by atoms with Crippen LogP contribution < -0.4 is 21.2 Å². The molecule has 35 heavy (non-hydrogen) atoms. The fourth-order valence-electron chi connectivity index (χ4n) is 4.44. The fraction of sp³-hybridized carbons (Fsp3) is 0.308. The standard InChI is InChI=1S/C26H28N6O3/c27-23-20(25(33)28-10-13-30-14-16-35-17-15-30)18-21-24(29-22-8-4-5-11-31(22)26(21)34)32(23)12-9-19-6-2-1-3-7-19/h1-8,11,18,27H,9-10,12-17H2,(H,28,33)/p+1. The first-order valence-corrected chi connectivity index (χ1v) is 11.9. The molecule has 9 heteroatoms. The van der Waals surface area contributed by atoms with Gasteiger partial charge in [-0.15, -0.1) is 0 Å². The van der Waals surface area contributed by atoms with Crippen LogP contribution in [0.2, 0.25) is 0 Å². The second-order valence-electron chi connectivity index (χ2n) is 8.62. The number of nitrogens with two attached hydrogens (primary N) is 1. The number of rotatable bonds is 7. The van der Waals surface area contributed by atoms with Gasteiger partial charge in [-0.05, 0) is 23.8 Å². The molecule has 4 aromatic rings. The smallest absolute Gasteiger partial charge is 0.278 e. The SMILES string of the molecule is Nc1c(C(=O)NCCN2CCOCC2)cc2c(=O)n3ccccc3nc2[n+]1CCc1ccccc1. The Hall–Kier alpha value is -3.82. The predicted molar refractivity (Wildman–Crippen MR) is 133 cm³/mol. The number of anilines is 1. The average Bonchev–Trinajstić information content (AvgIpc) is 2.89. The maximum Gasteiger partial charge on any atom is 0.278 e. The number of hydrogen-bond acceptors (Lipinski definition) is 6. The van der Waals surface area contributed by atoms with Crippen LogP contribution in [0.1, 0.15) is 15.9 Å². The van der Waals surface area contributed by atoms with Crippen LogP contribution in [-0.2, 0) is 17.7 Å². The number of nitrogens with zero attached hydrogens (tertiary/aromatic N) is 4. The molecule has 0 unspecified atom stereocenters. The van der Waals surface area contributed by atoms with E-state index < -0.39 is 0 Å². The number of nitrogens with one attached hydrogen (secondary N) is 1. The number of morpholine rings is 1. The van der Waals surface area contributed by atoms with E-state index in [9.17, 15) is 9.59 Å². The van der Waals surface area contributed by atoms with E-state index in [0.29, 0.717) is 55.2 Å². The van der Waals surface area contributed by atoms with Crippen molar-refractivity contribution in [2.24, 2.45) is 0 Å². The number of nitrogen functional groups attached to an aromatic ring is 1. The Bertz CT molecular complexity index is 1410. The molecule has 5 rings (SSSR count). The summed E-state index contributed by atoms with van der Waals surface area (Å²) in [4.78, 5) is 33.5. The minimum absolute atomic E-state index is 0.235. The van der Waals surface area contributed by atoms with Gasteiger partial charge in [-0.25, -0.2) is 4.57 Å². The molecule has 0 saturated carbocycles. The minimum atomic E-state index is -0.302. The van der Waals surface area contributed by atoms with E-state index >= 15 is 0 Å². The van der Waals surface area contributed by atoms with E-state index in [-0.39, 0.29) is 17.0 Å². The molecule has 1 fully saturated rings. The molecule has 0 spiro atoms. The highest BCUT2D eigenvalue weighted by Gasteiger charge is 2.24. The molecule has 1 saturated heterocycles. The van der Waals surface area contributed by atoms with E-state index in [2.05, 4.69) is 10.2 Å². The van der Waals surface area contributed by atoms with Gasteiger partial charge in [0.05, 0.1) is 19.8 Å². The number of carbonyl (C=O) groups excluding carboxylic acids is 1. The monoisotopic (exact) mass is 473 g/mol. The quantitative estimate of drug-likeness (QED) is 0.307. The number of ether oxygens (including phenoxy) is 1. The molecule has 3 N–H and O–H groups in total. The van der Waals surface area contributed by atoms with Crippen molar-refractivity contribution in [2.45, 2.75) is 13.0 Å². The fourth-order valence-corrected chi connectivity index (χ4v) is 4.44. The zero-order valence-corrected chi connectivity index (χ0v) is 19.5. The van der Waals surface area contributed by atoms with Gasteiger partial charge >= 0.3 is 0 Å². The third-order valence-corrected chi connectivity index (χ3v) is 6.39. The summed E-state index contributed by atoms with van der Waals surface area (Å²) in [7, 11) is 0. The van der Waals surface area contributed by atoms with Crippen LogP contribution in [0.3, 0.4) is 0 Å². The Labute approximate surface area is 202 Å². The molecule has 0 radical (unpaired) electrons. The van der Waals surface area contributed by atoms with Crippen LogP contribution in [0.5, 0.6) is 0 Å². The molecule has 180 valence electrons. The van der Waals surface area contributed by atoms with Gasteiger partial charge in [-0.3, -0.25) is 18.9 Å². The second-order valence-corrected chi connectivity index (χ2v) is 8.62. The number of aromatic nitrogens is 3. The highest BCUT2D eigenvalue weighted by molar-refractivity contribution is 6.00. The van der Waals surface area contributed by atoms with E-state index in [1.807, 2.05) is 36.4 Å². The number of pyridine rings is 2. The molecule has 4 heterocycles. The topological polar surface area (TPSA) is 106 Å². The molecule has 3 aromatic heterocycles. The molecule has 1 aliphatic heterocycles. The zero-order chi connectivity index (χ0) is 24.2. The number of carbonyl (C=O) groups is 1. The lowest BCUT2D eigenvalue weighted by molar-refractivity contribution is -0.658. The lowest BCUT2D eigenvalue weighted by atomic mass is 10.1. The maximum absolute atomic E-state index is 13.3. The third kappa shape index (κ3) is 4.87. The molecule has 1 aromatic carbocycles. The van der Waals surface area contributed by atoms with Gasteiger partial charge in [-0.2, -0.15) is 0 Å². The summed E-state index contributed by atoms with van der Waals surface area (Å²) < 4.78 is 8.65. The number of fused-ring (bicyclic) bond motifs is 2. The highest BCUT2D eigenvalue weighted by atomic mass is 16.5. The normalized spacial score (nSPS) is 14.4. The summed E-state index contributed by atoms with van der Waals surface area (Å²) >= 11 is 0. The van der Waals surface area contributed by atoms with Crippen molar-refractivity contribution in [1.82, 2.24) is 19.6 Å². The van der Waals surface area contributed by atoms with Crippen molar-refractivity contribution in [3.05, 3.63) is 82.3 Å². The Morgan fingerprint density at radius 3 is 2.69 bits per heavy atom. The van der Waals surface area contributed by atoms with E-state index in [0.717, 1.165) is 25.2 Å². The predicted octanol–water partition coefficient (Wildman–Crippen LogP) is 1.02. The van der Waals surface area contributed by atoms with Crippen LogP contribution in [0, 0.1) is 0 Å².